The molecule has 4 rings (SSSR count). The summed E-state index contributed by atoms with van der Waals surface area (Å²) < 4.78 is 2.13. The van der Waals surface area contributed by atoms with Gasteiger partial charge < -0.3 is 5.11 Å². The van der Waals surface area contributed by atoms with Crippen molar-refractivity contribution < 1.29 is 9.90 Å². The van der Waals surface area contributed by atoms with E-state index in [0.29, 0.717) is 5.75 Å². The summed E-state index contributed by atoms with van der Waals surface area (Å²) in [7, 11) is 0. The SMILES string of the molecule is O=C(O)CCSc1nc(-c2ccccc2)c(-c2ccccc2)n1-c1ccccc1. The van der Waals surface area contributed by atoms with E-state index in [2.05, 4.69) is 28.8 Å². The predicted molar refractivity (Wildman–Crippen MR) is 117 cm³/mol. The monoisotopic (exact) mass is 400 g/mol. The number of nitrogens with zero attached hydrogens (tertiary/aromatic N) is 2. The van der Waals surface area contributed by atoms with Gasteiger partial charge in [-0.05, 0) is 12.1 Å². The number of thioether (sulfide) groups is 1. The lowest BCUT2D eigenvalue weighted by atomic mass is 10.0. The van der Waals surface area contributed by atoms with E-state index in [1.54, 1.807) is 0 Å². The number of aromatic nitrogens is 2. The van der Waals surface area contributed by atoms with Gasteiger partial charge >= 0.3 is 5.97 Å². The molecule has 0 saturated heterocycles. The molecule has 1 heterocycles. The molecule has 144 valence electrons. The van der Waals surface area contributed by atoms with Gasteiger partial charge in [0.15, 0.2) is 5.16 Å². The minimum absolute atomic E-state index is 0.0909. The molecule has 0 aliphatic heterocycles. The van der Waals surface area contributed by atoms with Gasteiger partial charge in [0.2, 0.25) is 0 Å². The molecule has 0 unspecified atom stereocenters. The Morgan fingerprint density at radius 2 is 1.38 bits per heavy atom. The third kappa shape index (κ3) is 4.25. The molecule has 1 N–H and O–H groups in total. The van der Waals surface area contributed by atoms with Crippen molar-refractivity contribution in [2.45, 2.75) is 11.6 Å². The standard InChI is InChI=1S/C24H20N2O2S/c27-21(28)16-17-29-24-25-22(18-10-4-1-5-11-18)23(19-12-6-2-7-13-19)26(24)20-14-8-3-9-15-20/h1-15H,16-17H2,(H,27,28). The Morgan fingerprint density at radius 3 is 1.97 bits per heavy atom. The molecule has 0 aliphatic carbocycles. The first-order chi connectivity index (χ1) is 14.2. The number of hydrogen-bond donors (Lipinski definition) is 1. The highest BCUT2D eigenvalue weighted by Gasteiger charge is 2.21. The second kappa shape index (κ2) is 8.80. The molecule has 0 fully saturated rings. The maximum atomic E-state index is 11.0. The van der Waals surface area contributed by atoms with Gasteiger partial charge in [-0.3, -0.25) is 9.36 Å². The number of para-hydroxylation sites is 1. The van der Waals surface area contributed by atoms with Crippen molar-refractivity contribution in [2.75, 3.05) is 5.75 Å². The summed E-state index contributed by atoms with van der Waals surface area (Å²) in [5, 5.41) is 9.84. The molecule has 0 atom stereocenters. The molecule has 29 heavy (non-hydrogen) atoms. The first kappa shape index (κ1) is 19.0. The van der Waals surface area contributed by atoms with Gasteiger partial charge in [0.1, 0.15) is 0 Å². The maximum absolute atomic E-state index is 11.0. The van der Waals surface area contributed by atoms with E-state index in [1.807, 2.05) is 66.7 Å². The highest BCUT2D eigenvalue weighted by atomic mass is 32.2. The Bertz CT molecular complexity index is 1090. The van der Waals surface area contributed by atoms with E-state index < -0.39 is 5.97 Å². The third-order valence-corrected chi connectivity index (χ3v) is 5.44. The number of carboxylic acid groups (broad SMARTS) is 1. The quantitative estimate of drug-likeness (QED) is 0.400. The maximum Gasteiger partial charge on any atom is 0.304 e. The third-order valence-electron chi connectivity index (χ3n) is 4.50. The zero-order valence-corrected chi connectivity index (χ0v) is 16.5. The second-order valence-electron chi connectivity index (χ2n) is 6.49. The fourth-order valence-corrected chi connectivity index (χ4v) is 4.14. The molecule has 0 bridgehead atoms. The Balaban J connectivity index is 1.94. The van der Waals surface area contributed by atoms with Crippen LogP contribution in [0.25, 0.3) is 28.2 Å². The highest BCUT2D eigenvalue weighted by Crippen LogP contribution is 2.38. The van der Waals surface area contributed by atoms with Gasteiger partial charge in [0.25, 0.3) is 0 Å². The van der Waals surface area contributed by atoms with Gasteiger partial charge in [0, 0.05) is 22.6 Å². The normalized spacial score (nSPS) is 10.8. The topological polar surface area (TPSA) is 55.1 Å². The first-order valence-electron chi connectivity index (χ1n) is 9.37. The highest BCUT2D eigenvalue weighted by molar-refractivity contribution is 7.99. The Labute approximate surface area is 173 Å². The molecule has 0 amide bonds. The van der Waals surface area contributed by atoms with Crippen LogP contribution in [0.15, 0.2) is 96.2 Å². The summed E-state index contributed by atoms with van der Waals surface area (Å²) >= 11 is 1.47. The van der Waals surface area contributed by atoms with E-state index >= 15 is 0 Å². The predicted octanol–water partition coefficient (Wildman–Crippen LogP) is 5.77. The molecule has 5 heteroatoms. The second-order valence-corrected chi connectivity index (χ2v) is 7.55. The average Bonchev–Trinajstić information content (AvgIpc) is 3.15. The zero-order chi connectivity index (χ0) is 20.1. The van der Waals surface area contributed by atoms with Crippen LogP contribution in [-0.2, 0) is 4.79 Å². The van der Waals surface area contributed by atoms with Gasteiger partial charge in [-0.25, -0.2) is 4.98 Å². The van der Waals surface area contributed by atoms with Crippen LogP contribution < -0.4 is 0 Å². The Kier molecular flexibility index (Phi) is 5.77. The number of rotatable bonds is 7. The van der Waals surface area contributed by atoms with E-state index in [1.165, 1.54) is 11.8 Å². The van der Waals surface area contributed by atoms with Crippen LogP contribution in [0, 0.1) is 0 Å². The molecule has 4 aromatic rings. The van der Waals surface area contributed by atoms with Crippen molar-refractivity contribution in [1.82, 2.24) is 9.55 Å². The molecular weight excluding hydrogens is 380 g/mol. The summed E-state index contributed by atoms with van der Waals surface area (Å²) in [4.78, 5) is 16.0. The van der Waals surface area contributed by atoms with Crippen molar-refractivity contribution in [3.8, 4) is 28.2 Å². The van der Waals surface area contributed by atoms with Crippen LogP contribution in [0.5, 0.6) is 0 Å². The van der Waals surface area contributed by atoms with Crippen LogP contribution in [-0.4, -0.2) is 26.4 Å². The van der Waals surface area contributed by atoms with Crippen LogP contribution in [0.3, 0.4) is 0 Å². The van der Waals surface area contributed by atoms with Gasteiger partial charge in [-0.2, -0.15) is 0 Å². The lowest BCUT2D eigenvalue weighted by molar-refractivity contribution is -0.136. The smallest absolute Gasteiger partial charge is 0.304 e. The van der Waals surface area contributed by atoms with Gasteiger partial charge in [-0.15, -0.1) is 0 Å². The van der Waals surface area contributed by atoms with Gasteiger partial charge in [0.05, 0.1) is 17.8 Å². The van der Waals surface area contributed by atoms with Crippen LogP contribution >= 0.6 is 11.8 Å². The minimum Gasteiger partial charge on any atom is -0.481 e. The van der Waals surface area contributed by atoms with Crippen molar-refractivity contribution in [3.05, 3.63) is 91.0 Å². The average molecular weight is 401 g/mol. The van der Waals surface area contributed by atoms with Crippen molar-refractivity contribution in [3.63, 3.8) is 0 Å². The molecule has 0 radical (unpaired) electrons. The number of hydrogen-bond acceptors (Lipinski definition) is 3. The molecule has 3 aromatic carbocycles. The van der Waals surface area contributed by atoms with Crippen molar-refractivity contribution in [2.24, 2.45) is 0 Å². The van der Waals surface area contributed by atoms with Gasteiger partial charge in [-0.1, -0.05) is 90.6 Å². The van der Waals surface area contributed by atoms with E-state index in [4.69, 9.17) is 10.1 Å². The van der Waals surface area contributed by atoms with Crippen LogP contribution in [0.2, 0.25) is 0 Å². The molecule has 0 aliphatic rings. The van der Waals surface area contributed by atoms with E-state index in [9.17, 15) is 4.79 Å². The lowest BCUT2D eigenvalue weighted by Crippen LogP contribution is -2.01. The van der Waals surface area contributed by atoms with Crippen LogP contribution in [0.4, 0.5) is 0 Å². The summed E-state index contributed by atoms with van der Waals surface area (Å²) in [5.41, 5.74) is 4.98. The molecule has 4 nitrogen and oxygen atoms in total. The van der Waals surface area contributed by atoms with E-state index in [-0.39, 0.29) is 6.42 Å². The summed E-state index contributed by atoms with van der Waals surface area (Å²) in [5.74, 6) is -0.344. The molecular formula is C24H20N2O2S. The summed E-state index contributed by atoms with van der Waals surface area (Å²) in [6.45, 7) is 0. The minimum atomic E-state index is -0.804. The fraction of sp³-hybridized carbons (Fsp3) is 0.0833. The Morgan fingerprint density at radius 1 is 0.828 bits per heavy atom. The zero-order valence-electron chi connectivity index (χ0n) is 15.7. The number of imidazole rings is 1. The Hall–Kier alpha value is -3.31. The molecule has 1 aromatic heterocycles. The van der Waals surface area contributed by atoms with E-state index in [0.717, 1.165) is 33.4 Å². The number of carbonyl (C=O) groups is 1. The molecule has 0 saturated carbocycles. The summed E-state index contributed by atoms with van der Waals surface area (Å²) in [6.07, 6.45) is 0.0909. The fourth-order valence-electron chi connectivity index (χ4n) is 3.20. The molecule has 0 spiro atoms. The summed E-state index contributed by atoms with van der Waals surface area (Å²) in [6, 6.07) is 30.4. The number of benzene rings is 3. The first-order valence-corrected chi connectivity index (χ1v) is 10.4. The number of aliphatic carboxylic acids is 1. The number of carboxylic acids is 1. The van der Waals surface area contributed by atoms with Crippen LogP contribution in [0.1, 0.15) is 6.42 Å². The van der Waals surface area contributed by atoms with Crippen molar-refractivity contribution in [1.29, 1.82) is 0 Å². The lowest BCUT2D eigenvalue weighted by Gasteiger charge is -2.13. The van der Waals surface area contributed by atoms with Crippen molar-refractivity contribution >= 4 is 17.7 Å². The largest absolute Gasteiger partial charge is 0.481 e.